The second-order valence-electron chi connectivity index (χ2n) is 3.95. The second kappa shape index (κ2) is 6.64. The summed E-state index contributed by atoms with van der Waals surface area (Å²) in [6.07, 6.45) is 0.501. The molecule has 98 valence electrons. The lowest BCUT2D eigenvalue weighted by Crippen LogP contribution is -2.16. The maximum Gasteiger partial charge on any atom is 0.419 e. The molecule has 1 rings (SSSR count). The number of alkyl halides is 3. The number of nitrogens with one attached hydrogen (secondary N) is 1. The molecule has 0 spiro atoms. The molecule has 0 radical (unpaired) electrons. The van der Waals surface area contributed by atoms with Gasteiger partial charge in [-0.2, -0.15) is 18.3 Å². The highest BCUT2D eigenvalue weighted by molar-refractivity contribution is 5.08. The monoisotopic (exact) mass is 249 g/mol. The van der Waals surface area contributed by atoms with Crippen LogP contribution in [0.25, 0.3) is 0 Å². The van der Waals surface area contributed by atoms with Gasteiger partial charge < -0.3 is 5.32 Å². The number of aryl methyl sites for hydroxylation is 1. The fourth-order valence-electron chi connectivity index (χ4n) is 1.46. The van der Waals surface area contributed by atoms with E-state index in [9.17, 15) is 13.2 Å². The first kappa shape index (κ1) is 14.0. The van der Waals surface area contributed by atoms with Crippen molar-refractivity contribution >= 4 is 0 Å². The molecule has 0 saturated heterocycles. The highest BCUT2D eigenvalue weighted by Crippen LogP contribution is 2.28. The highest BCUT2D eigenvalue weighted by Gasteiger charge is 2.31. The number of halogens is 3. The Labute approximate surface area is 99.0 Å². The summed E-state index contributed by atoms with van der Waals surface area (Å²) in [5.41, 5.74) is -0.679. The molecular formula is C11H18F3N3. The van der Waals surface area contributed by atoms with Crippen LogP contribution in [0.15, 0.2) is 12.4 Å². The summed E-state index contributed by atoms with van der Waals surface area (Å²) in [5, 5.41) is 6.93. The fraction of sp³-hybridized carbons (Fsp3) is 0.727. The Morgan fingerprint density at radius 3 is 2.65 bits per heavy atom. The molecule has 0 aliphatic rings. The van der Waals surface area contributed by atoms with E-state index in [0.717, 1.165) is 44.7 Å². The Hall–Kier alpha value is -1.04. The van der Waals surface area contributed by atoms with Crippen LogP contribution in [-0.2, 0) is 12.7 Å². The zero-order valence-corrected chi connectivity index (χ0v) is 9.93. The first-order valence-electron chi connectivity index (χ1n) is 5.84. The Bertz CT molecular complexity index is 320. The summed E-state index contributed by atoms with van der Waals surface area (Å²) in [6, 6.07) is 0. The van der Waals surface area contributed by atoms with E-state index >= 15 is 0 Å². The van der Waals surface area contributed by atoms with Crippen LogP contribution < -0.4 is 5.32 Å². The molecule has 1 aromatic rings. The Kier molecular flexibility index (Phi) is 5.47. The van der Waals surface area contributed by atoms with Crippen LogP contribution in [0.1, 0.15) is 31.7 Å². The van der Waals surface area contributed by atoms with Crippen LogP contribution >= 0.6 is 0 Å². The molecule has 1 aromatic heterocycles. The van der Waals surface area contributed by atoms with Crippen molar-refractivity contribution in [3.05, 3.63) is 18.0 Å². The third-order valence-electron chi connectivity index (χ3n) is 2.38. The smallest absolute Gasteiger partial charge is 0.317 e. The van der Waals surface area contributed by atoms with E-state index < -0.39 is 11.7 Å². The molecule has 0 aromatic carbocycles. The van der Waals surface area contributed by atoms with Gasteiger partial charge in [0.25, 0.3) is 0 Å². The zero-order chi connectivity index (χ0) is 12.7. The predicted molar refractivity (Wildman–Crippen MR) is 59.6 cm³/mol. The van der Waals surface area contributed by atoms with Crippen LogP contribution in [0.2, 0.25) is 0 Å². The molecule has 0 aliphatic heterocycles. The fourth-order valence-corrected chi connectivity index (χ4v) is 1.46. The van der Waals surface area contributed by atoms with Crippen molar-refractivity contribution in [3.8, 4) is 0 Å². The van der Waals surface area contributed by atoms with Crippen LogP contribution in [-0.4, -0.2) is 22.9 Å². The van der Waals surface area contributed by atoms with Gasteiger partial charge in [-0.1, -0.05) is 6.92 Å². The number of hydrogen-bond acceptors (Lipinski definition) is 2. The molecule has 0 bridgehead atoms. The van der Waals surface area contributed by atoms with Crippen molar-refractivity contribution in [1.82, 2.24) is 15.1 Å². The number of unbranched alkanes of at least 4 members (excludes halogenated alkanes) is 1. The van der Waals surface area contributed by atoms with E-state index in [4.69, 9.17) is 0 Å². The molecule has 0 aliphatic carbocycles. The van der Waals surface area contributed by atoms with Crippen LogP contribution in [0.3, 0.4) is 0 Å². The largest absolute Gasteiger partial charge is 0.419 e. The predicted octanol–water partition coefficient (Wildman–Crippen LogP) is 2.68. The molecule has 0 unspecified atom stereocenters. The Balaban J connectivity index is 2.21. The van der Waals surface area contributed by atoms with Gasteiger partial charge >= 0.3 is 6.18 Å². The van der Waals surface area contributed by atoms with Crippen molar-refractivity contribution in [2.45, 2.75) is 38.9 Å². The molecule has 1 N–H and O–H groups in total. The van der Waals surface area contributed by atoms with Gasteiger partial charge in [-0.3, -0.25) is 4.68 Å². The normalized spacial score (nSPS) is 12.0. The highest BCUT2D eigenvalue weighted by atomic mass is 19.4. The van der Waals surface area contributed by atoms with Crippen molar-refractivity contribution < 1.29 is 13.2 Å². The summed E-state index contributed by atoms with van der Waals surface area (Å²) in [5.74, 6) is 0. The number of rotatable bonds is 7. The summed E-state index contributed by atoms with van der Waals surface area (Å²) in [6.45, 7) is 4.51. The van der Waals surface area contributed by atoms with Crippen molar-refractivity contribution in [2.75, 3.05) is 13.1 Å². The minimum Gasteiger partial charge on any atom is -0.317 e. The molecule has 0 atom stereocenters. The van der Waals surface area contributed by atoms with Crippen molar-refractivity contribution in [1.29, 1.82) is 0 Å². The van der Waals surface area contributed by atoms with Gasteiger partial charge in [0.1, 0.15) is 0 Å². The minimum atomic E-state index is -4.29. The van der Waals surface area contributed by atoms with Gasteiger partial charge in [0.2, 0.25) is 0 Å². The summed E-state index contributed by atoms with van der Waals surface area (Å²) >= 11 is 0. The van der Waals surface area contributed by atoms with Crippen LogP contribution in [0.4, 0.5) is 13.2 Å². The third-order valence-corrected chi connectivity index (χ3v) is 2.38. The van der Waals surface area contributed by atoms with E-state index in [1.165, 1.54) is 4.68 Å². The first-order valence-corrected chi connectivity index (χ1v) is 5.84. The topological polar surface area (TPSA) is 29.9 Å². The average molecular weight is 249 g/mol. The lowest BCUT2D eigenvalue weighted by molar-refractivity contribution is -0.137. The Morgan fingerprint density at radius 2 is 2.06 bits per heavy atom. The van der Waals surface area contributed by atoms with Gasteiger partial charge in [-0.15, -0.1) is 0 Å². The number of nitrogens with zero attached hydrogens (tertiary/aromatic N) is 2. The van der Waals surface area contributed by atoms with Crippen LogP contribution in [0.5, 0.6) is 0 Å². The first-order chi connectivity index (χ1) is 8.04. The Morgan fingerprint density at radius 1 is 1.29 bits per heavy atom. The number of aromatic nitrogens is 2. The SMILES string of the molecule is CCCNCCCCn1cc(C(F)(F)F)cn1. The lowest BCUT2D eigenvalue weighted by Gasteiger charge is -2.04. The standard InChI is InChI=1S/C11H18F3N3/c1-2-5-15-6-3-4-7-17-9-10(8-16-17)11(12,13)14/h8-9,15H,2-7H2,1H3. The number of hydrogen-bond donors (Lipinski definition) is 1. The van der Waals surface area contributed by atoms with Crippen LogP contribution in [0, 0.1) is 0 Å². The molecule has 0 amide bonds. The van der Waals surface area contributed by atoms with Gasteiger partial charge in [-0.25, -0.2) is 0 Å². The van der Waals surface area contributed by atoms with Gasteiger partial charge in [-0.05, 0) is 32.4 Å². The average Bonchev–Trinajstić information content (AvgIpc) is 2.71. The zero-order valence-electron chi connectivity index (χ0n) is 9.93. The quantitative estimate of drug-likeness (QED) is 0.753. The summed E-state index contributed by atoms with van der Waals surface area (Å²) < 4.78 is 38.1. The summed E-state index contributed by atoms with van der Waals surface area (Å²) in [4.78, 5) is 0. The maximum atomic E-state index is 12.3. The molecule has 0 fully saturated rings. The van der Waals surface area contributed by atoms with Crippen molar-refractivity contribution in [2.24, 2.45) is 0 Å². The van der Waals surface area contributed by atoms with E-state index in [0.29, 0.717) is 6.54 Å². The maximum absolute atomic E-state index is 12.3. The summed E-state index contributed by atoms with van der Waals surface area (Å²) in [7, 11) is 0. The molecule has 17 heavy (non-hydrogen) atoms. The van der Waals surface area contributed by atoms with Gasteiger partial charge in [0, 0.05) is 12.7 Å². The minimum absolute atomic E-state index is 0.532. The van der Waals surface area contributed by atoms with Gasteiger partial charge in [0.05, 0.1) is 11.8 Å². The van der Waals surface area contributed by atoms with E-state index in [1.807, 2.05) is 0 Å². The van der Waals surface area contributed by atoms with E-state index in [1.54, 1.807) is 0 Å². The van der Waals surface area contributed by atoms with E-state index in [2.05, 4.69) is 17.3 Å². The molecular weight excluding hydrogens is 231 g/mol. The molecule has 0 saturated carbocycles. The second-order valence-corrected chi connectivity index (χ2v) is 3.95. The van der Waals surface area contributed by atoms with Crippen molar-refractivity contribution in [3.63, 3.8) is 0 Å². The van der Waals surface area contributed by atoms with Gasteiger partial charge in [0.15, 0.2) is 0 Å². The lowest BCUT2D eigenvalue weighted by atomic mass is 10.3. The molecule has 3 nitrogen and oxygen atoms in total. The molecule has 1 heterocycles. The third kappa shape index (κ3) is 5.21. The van der Waals surface area contributed by atoms with E-state index in [-0.39, 0.29) is 0 Å². The molecule has 6 heteroatoms.